The fraction of sp³-hybridized carbons (Fsp3) is 0.0952. The van der Waals surface area contributed by atoms with Gasteiger partial charge in [0.2, 0.25) is 5.95 Å². The van der Waals surface area contributed by atoms with Crippen LogP contribution in [0.15, 0.2) is 59.4 Å². The van der Waals surface area contributed by atoms with Gasteiger partial charge < -0.3 is 5.73 Å². The molecule has 0 aliphatic rings. The van der Waals surface area contributed by atoms with E-state index in [-0.39, 0.29) is 11.5 Å². The average Bonchev–Trinajstić information content (AvgIpc) is 2.66. The fourth-order valence-electron chi connectivity index (χ4n) is 3.37. The molecule has 5 heteroatoms. The summed E-state index contributed by atoms with van der Waals surface area (Å²) in [6.45, 7) is 0. The van der Waals surface area contributed by atoms with Gasteiger partial charge in [-0.2, -0.15) is 0 Å². The summed E-state index contributed by atoms with van der Waals surface area (Å²) in [6.07, 6.45) is 2.33. The first-order valence-corrected chi connectivity index (χ1v) is 8.40. The molecule has 5 nitrogen and oxygen atoms in total. The molecule has 0 unspecified atom stereocenters. The summed E-state index contributed by atoms with van der Waals surface area (Å²) in [5.41, 5.74) is 8.67. The van der Waals surface area contributed by atoms with E-state index in [1.807, 2.05) is 48.5 Å². The molecule has 0 bridgehead atoms. The summed E-state index contributed by atoms with van der Waals surface area (Å²) in [5.74, 6) is 0.113. The van der Waals surface area contributed by atoms with Gasteiger partial charge in [-0.15, -0.1) is 0 Å². The van der Waals surface area contributed by atoms with Crippen LogP contribution in [-0.4, -0.2) is 16.3 Å². The molecular weight excluding hydrogens is 326 g/mol. The number of aromatic amines is 1. The maximum Gasteiger partial charge on any atom is 0.260 e. The zero-order chi connectivity index (χ0) is 18.1. The minimum Gasteiger partial charge on any atom is -0.369 e. The zero-order valence-electron chi connectivity index (χ0n) is 14.0. The minimum absolute atomic E-state index is 0.113. The number of carbonyl (C=O) groups excluding carboxylic acids is 1. The van der Waals surface area contributed by atoms with Gasteiger partial charge in [-0.25, -0.2) is 4.98 Å². The van der Waals surface area contributed by atoms with E-state index < -0.39 is 0 Å². The predicted molar refractivity (Wildman–Crippen MR) is 104 cm³/mol. The van der Waals surface area contributed by atoms with Crippen molar-refractivity contribution >= 4 is 33.9 Å². The van der Waals surface area contributed by atoms with Gasteiger partial charge in [-0.3, -0.25) is 14.6 Å². The van der Waals surface area contributed by atoms with Crippen molar-refractivity contribution in [3.8, 4) is 0 Å². The van der Waals surface area contributed by atoms with Crippen LogP contribution in [0.2, 0.25) is 0 Å². The third-order valence-corrected chi connectivity index (χ3v) is 4.66. The molecule has 0 saturated carbocycles. The van der Waals surface area contributed by atoms with Crippen LogP contribution in [0.1, 0.15) is 21.5 Å². The molecule has 0 atom stereocenters. The second-order valence-corrected chi connectivity index (χ2v) is 6.27. The Morgan fingerprint density at radius 1 is 1.00 bits per heavy atom. The number of nitrogen functional groups attached to an aromatic ring is 1. The molecular formula is C21H17N3O2. The first-order valence-electron chi connectivity index (χ1n) is 8.40. The quantitative estimate of drug-likeness (QED) is 0.557. The molecule has 4 rings (SSSR count). The number of H-pyrrole nitrogens is 1. The molecule has 3 N–H and O–H groups in total. The number of nitrogens with zero attached hydrogens (tertiary/aromatic N) is 1. The summed E-state index contributed by atoms with van der Waals surface area (Å²) < 4.78 is 0. The standard InChI is InChI=1S/C21H17N3O2/c22-21-23-19-10-6-13(11-18(19)20(26)24-21)5-9-17-15(12-25)8-7-14-3-1-2-4-16(14)17/h1-4,6-8,10-12H,5,9H2,(H3,22,23,24,26). The summed E-state index contributed by atoms with van der Waals surface area (Å²) in [6, 6.07) is 17.5. The number of aromatic nitrogens is 2. The van der Waals surface area contributed by atoms with Crippen LogP contribution in [0.4, 0.5) is 5.95 Å². The van der Waals surface area contributed by atoms with Crippen LogP contribution in [-0.2, 0) is 12.8 Å². The molecule has 1 heterocycles. The Morgan fingerprint density at radius 2 is 1.85 bits per heavy atom. The molecule has 0 spiro atoms. The number of nitrogens with one attached hydrogen (secondary N) is 1. The lowest BCUT2D eigenvalue weighted by atomic mass is 9.94. The molecule has 0 radical (unpaired) electrons. The molecule has 1 aromatic heterocycles. The summed E-state index contributed by atoms with van der Waals surface area (Å²) >= 11 is 0. The Labute approximate surface area is 149 Å². The van der Waals surface area contributed by atoms with E-state index >= 15 is 0 Å². The molecule has 0 fully saturated rings. The third kappa shape index (κ3) is 2.84. The van der Waals surface area contributed by atoms with E-state index in [9.17, 15) is 9.59 Å². The number of benzene rings is 3. The smallest absolute Gasteiger partial charge is 0.260 e. The van der Waals surface area contributed by atoms with Gasteiger partial charge >= 0.3 is 0 Å². The summed E-state index contributed by atoms with van der Waals surface area (Å²) in [4.78, 5) is 30.2. The van der Waals surface area contributed by atoms with Gasteiger partial charge in [0.05, 0.1) is 10.9 Å². The van der Waals surface area contributed by atoms with Crippen molar-refractivity contribution in [3.05, 3.63) is 81.6 Å². The number of aldehydes is 1. The van der Waals surface area contributed by atoms with Crippen LogP contribution < -0.4 is 11.3 Å². The van der Waals surface area contributed by atoms with E-state index in [4.69, 9.17) is 5.73 Å². The lowest BCUT2D eigenvalue weighted by molar-refractivity contribution is 0.112. The summed E-state index contributed by atoms with van der Waals surface area (Å²) in [7, 11) is 0. The van der Waals surface area contributed by atoms with E-state index in [0.29, 0.717) is 29.3 Å². The lowest BCUT2D eigenvalue weighted by Gasteiger charge is -2.10. The predicted octanol–water partition coefficient (Wildman–Crippen LogP) is 3.26. The van der Waals surface area contributed by atoms with E-state index in [1.165, 1.54) is 0 Å². The molecule has 3 aromatic carbocycles. The number of aryl methyl sites for hydroxylation is 2. The third-order valence-electron chi connectivity index (χ3n) is 4.66. The molecule has 0 aliphatic heterocycles. The van der Waals surface area contributed by atoms with Crippen molar-refractivity contribution in [2.45, 2.75) is 12.8 Å². The highest BCUT2D eigenvalue weighted by molar-refractivity contribution is 5.93. The Hall–Kier alpha value is -3.47. The largest absolute Gasteiger partial charge is 0.369 e. The fourth-order valence-corrected chi connectivity index (χ4v) is 3.37. The van der Waals surface area contributed by atoms with Crippen molar-refractivity contribution in [3.63, 3.8) is 0 Å². The normalized spacial score (nSPS) is 11.1. The highest BCUT2D eigenvalue weighted by atomic mass is 16.1. The van der Waals surface area contributed by atoms with Gasteiger partial charge in [0.25, 0.3) is 5.56 Å². The number of hydrogen-bond donors (Lipinski definition) is 2. The number of nitrogens with two attached hydrogens (primary N) is 1. The number of rotatable bonds is 4. The topological polar surface area (TPSA) is 88.8 Å². The number of carbonyl (C=O) groups is 1. The molecule has 0 saturated heterocycles. The van der Waals surface area contributed by atoms with Gasteiger partial charge in [-0.1, -0.05) is 42.5 Å². The molecule has 128 valence electrons. The number of fused-ring (bicyclic) bond motifs is 2. The first-order chi connectivity index (χ1) is 12.7. The second-order valence-electron chi connectivity index (χ2n) is 6.27. The van der Waals surface area contributed by atoms with E-state index in [0.717, 1.165) is 28.2 Å². The molecule has 4 aromatic rings. The van der Waals surface area contributed by atoms with Gasteiger partial charge in [0.15, 0.2) is 0 Å². The Morgan fingerprint density at radius 3 is 2.69 bits per heavy atom. The van der Waals surface area contributed by atoms with Crippen molar-refractivity contribution in [1.29, 1.82) is 0 Å². The Bertz CT molecular complexity index is 1190. The Kier molecular flexibility index (Phi) is 3.97. The van der Waals surface area contributed by atoms with Gasteiger partial charge in [-0.05, 0) is 46.9 Å². The second kappa shape index (κ2) is 6.44. The van der Waals surface area contributed by atoms with Gasteiger partial charge in [0, 0.05) is 5.56 Å². The van der Waals surface area contributed by atoms with E-state index in [1.54, 1.807) is 6.07 Å². The van der Waals surface area contributed by atoms with Crippen LogP contribution >= 0.6 is 0 Å². The highest BCUT2D eigenvalue weighted by Gasteiger charge is 2.09. The van der Waals surface area contributed by atoms with Crippen LogP contribution in [0.3, 0.4) is 0 Å². The monoisotopic (exact) mass is 343 g/mol. The van der Waals surface area contributed by atoms with Crippen molar-refractivity contribution in [2.24, 2.45) is 0 Å². The van der Waals surface area contributed by atoms with Crippen molar-refractivity contribution in [1.82, 2.24) is 9.97 Å². The zero-order valence-corrected chi connectivity index (χ0v) is 14.0. The maximum absolute atomic E-state index is 12.1. The molecule has 0 amide bonds. The first kappa shape index (κ1) is 16.0. The molecule has 26 heavy (non-hydrogen) atoms. The summed E-state index contributed by atoms with van der Waals surface area (Å²) in [5, 5.41) is 2.72. The highest BCUT2D eigenvalue weighted by Crippen LogP contribution is 2.24. The number of anilines is 1. The number of hydrogen-bond acceptors (Lipinski definition) is 4. The molecule has 0 aliphatic carbocycles. The van der Waals surface area contributed by atoms with E-state index in [2.05, 4.69) is 9.97 Å². The lowest BCUT2D eigenvalue weighted by Crippen LogP contribution is -2.11. The minimum atomic E-state index is -0.243. The van der Waals surface area contributed by atoms with Crippen LogP contribution in [0, 0.1) is 0 Å². The maximum atomic E-state index is 12.1. The van der Waals surface area contributed by atoms with Gasteiger partial charge in [0.1, 0.15) is 6.29 Å². The van der Waals surface area contributed by atoms with Crippen LogP contribution in [0.5, 0.6) is 0 Å². The van der Waals surface area contributed by atoms with Crippen LogP contribution in [0.25, 0.3) is 21.7 Å². The average molecular weight is 343 g/mol. The van der Waals surface area contributed by atoms with Crippen molar-refractivity contribution in [2.75, 3.05) is 5.73 Å². The Balaban J connectivity index is 1.71. The SMILES string of the molecule is Nc1nc2ccc(CCc3c(C=O)ccc4ccccc34)cc2c(=O)[nH]1. The van der Waals surface area contributed by atoms with Crippen molar-refractivity contribution < 1.29 is 4.79 Å².